The van der Waals surface area contributed by atoms with Crippen molar-refractivity contribution in [2.24, 2.45) is 5.73 Å². The van der Waals surface area contributed by atoms with Gasteiger partial charge in [0.05, 0.1) is 11.4 Å². The summed E-state index contributed by atoms with van der Waals surface area (Å²) in [6, 6.07) is 2.13. The topological polar surface area (TPSA) is 112 Å². The molecule has 4 N–H and O–H groups in total. The minimum atomic E-state index is -0.335. The van der Waals surface area contributed by atoms with E-state index in [2.05, 4.69) is 15.0 Å². The summed E-state index contributed by atoms with van der Waals surface area (Å²) in [5.74, 6) is 0.0739. The van der Waals surface area contributed by atoms with Gasteiger partial charge in [0.2, 0.25) is 0 Å². The fourth-order valence-electron chi connectivity index (χ4n) is 3.27. The zero-order valence-corrected chi connectivity index (χ0v) is 12.6. The second-order valence-corrected chi connectivity index (χ2v) is 5.95. The average Bonchev–Trinajstić information content (AvgIpc) is 3.12. The fraction of sp³-hybridized carbons (Fsp3) is 0.400. The number of piperidine rings is 1. The molecule has 0 saturated carbocycles. The molecular weight excluding hydrogens is 296 g/mol. The molecule has 8 heteroatoms. The van der Waals surface area contributed by atoms with Gasteiger partial charge in [-0.15, -0.1) is 0 Å². The predicted molar refractivity (Wildman–Crippen MR) is 85.8 cm³/mol. The van der Waals surface area contributed by atoms with Crippen LogP contribution < -0.4 is 16.4 Å². The Kier molecular flexibility index (Phi) is 3.19. The number of anilines is 2. The molecule has 1 fully saturated rings. The van der Waals surface area contributed by atoms with Gasteiger partial charge >= 0.3 is 5.97 Å². The minimum absolute atomic E-state index is 0.142. The van der Waals surface area contributed by atoms with Crippen LogP contribution in [0.25, 0.3) is 11.1 Å². The Morgan fingerprint density at radius 2 is 2.26 bits per heavy atom. The molecule has 1 atom stereocenters. The summed E-state index contributed by atoms with van der Waals surface area (Å²) < 4.78 is 6.75. The minimum Gasteiger partial charge on any atom is -0.458 e. The quantitative estimate of drug-likeness (QED) is 0.760. The first-order chi connectivity index (χ1) is 11.1. The number of hydrogen-bond acceptors (Lipinski definition) is 7. The van der Waals surface area contributed by atoms with E-state index in [4.69, 9.17) is 16.2 Å². The standard InChI is InChI=1S/C15H18N6O2/c16-10-2-1-3-20(6-10)12-5-11(9-4-13(22)23-7-9)21-14(12)15(17)18-8-19-21/h4-5,8,10H,1-3,6-7,16H2,(H2,17,18,19)/t10-/m1/s1. The van der Waals surface area contributed by atoms with Crippen LogP contribution in [0.1, 0.15) is 18.5 Å². The first-order valence-corrected chi connectivity index (χ1v) is 7.64. The summed E-state index contributed by atoms with van der Waals surface area (Å²) in [5.41, 5.74) is 15.5. The molecule has 0 spiro atoms. The number of nitrogens with zero attached hydrogens (tertiary/aromatic N) is 4. The van der Waals surface area contributed by atoms with E-state index in [1.165, 1.54) is 12.4 Å². The maximum absolute atomic E-state index is 11.4. The van der Waals surface area contributed by atoms with Crippen molar-refractivity contribution in [2.45, 2.75) is 18.9 Å². The largest absolute Gasteiger partial charge is 0.458 e. The number of fused-ring (bicyclic) bond motifs is 1. The number of rotatable bonds is 2. The molecule has 120 valence electrons. The fourth-order valence-corrected chi connectivity index (χ4v) is 3.27. The number of nitrogens with two attached hydrogens (primary N) is 2. The lowest BCUT2D eigenvalue weighted by Gasteiger charge is -2.32. The third-order valence-corrected chi connectivity index (χ3v) is 4.35. The molecule has 23 heavy (non-hydrogen) atoms. The Balaban J connectivity index is 1.87. The van der Waals surface area contributed by atoms with E-state index >= 15 is 0 Å². The number of esters is 1. The van der Waals surface area contributed by atoms with Gasteiger partial charge in [0.25, 0.3) is 0 Å². The van der Waals surface area contributed by atoms with Crippen LogP contribution in [0.2, 0.25) is 0 Å². The van der Waals surface area contributed by atoms with Gasteiger partial charge in [-0.2, -0.15) is 5.10 Å². The van der Waals surface area contributed by atoms with Crippen molar-refractivity contribution >= 4 is 28.6 Å². The van der Waals surface area contributed by atoms with Gasteiger partial charge in [-0.25, -0.2) is 14.3 Å². The zero-order chi connectivity index (χ0) is 16.0. The SMILES string of the molecule is Nc1ncnn2c(C3=CC(=O)OC3)cc(N3CCC[C@@H](N)C3)c12. The molecule has 8 nitrogen and oxygen atoms in total. The molecule has 0 bridgehead atoms. The summed E-state index contributed by atoms with van der Waals surface area (Å²) in [6.45, 7) is 1.92. The lowest BCUT2D eigenvalue weighted by Crippen LogP contribution is -2.42. The van der Waals surface area contributed by atoms with Gasteiger partial charge in [-0.3, -0.25) is 0 Å². The summed E-state index contributed by atoms with van der Waals surface area (Å²) >= 11 is 0. The van der Waals surface area contributed by atoms with Crippen LogP contribution >= 0.6 is 0 Å². The van der Waals surface area contributed by atoms with Gasteiger partial charge in [-0.1, -0.05) is 0 Å². The van der Waals surface area contributed by atoms with E-state index < -0.39 is 0 Å². The predicted octanol–water partition coefficient (Wildman–Crippen LogP) is 0.179. The summed E-state index contributed by atoms with van der Waals surface area (Å²) in [4.78, 5) is 17.7. The highest BCUT2D eigenvalue weighted by atomic mass is 16.5. The summed E-state index contributed by atoms with van der Waals surface area (Å²) in [6.07, 6.45) is 4.96. The van der Waals surface area contributed by atoms with Crippen molar-refractivity contribution in [3.63, 3.8) is 0 Å². The zero-order valence-electron chi connectivity index (χ0n) is 12.6. The second kappa shape index (κ2) is 5.24. The lowest BCUT2D eigenvalue weighted by atomic mass is 10.1. The van der Waals surface area contributed by atoms with Crippen LogP contribution in [0.5, 0.6) is 0 Å². The number of aromatic nitrogens is 3. The van der Waals surface area contributed by atoms with Crippen molar-refractivity contribution in [3.05, 3.63) is 24.2 Å². The number of cyclic esters (lactones) is 1. The molecule has 2 aliphatic rings. The summed E-state index contributed by atoms with van der Waals surface area (Å²) in [5, 5.41) is 4.31. The van der Waals surface area contributed by atoms with Gasteiger partial charge in [0, 0.05) is 30.8 Å². The van der Waals surface area contributed by atoms with Gasteiger partial charge < -0.3 is 21.1 Å². The highest BCUT2D eigenvalue weighted by molar-refractivity contribution is 5.97. The Hall–Kier alpha value is -2.61. The van der Waals surface area contributed by atoms with Crippen molar-refractivity contribution in [3.8, 4) is 0 Å². The van der Waals surface area contributed by atoms with Crippen molar-refractivity contribution < 1.29 is 9.53 Å². The Morgan fingerprint density at radius 1 is 1.39 bits per heavy atom. The smallest absolute Gasteiger partial charge is 0.331 e. The van der Waals surface area contributed by atoms with Crippen LogP contribution in [0.4, 0.5) is 11.5 Å². The van der Waals surface area contributed by atoms with Crippen LogP contribution in [-0.2, 0) is 9.53 Å². The Morgan fingerprint density at radius 3 is 3.00 bits per heavy atom. The Bertz CT molecular complexity index is 812. The molecule has 0 radical (unpaired) electrons. The molecular formula is C15H18N6O2. The van der Waals surface area contributed by atoms with Crippen LogP contribution in [-0.4, -0.2) is 46.3 Å². The molecule has 2 aromatic heterocycles. The van der Waals surface area contributed by atoms with Gasteiger partial charge in [-0.05, 0) is 18.9 Å². The molecule has 2 aliphatic heterocycles. The van der Waals surface area contributed by atoms with E-state index in [-0.39, 0.29) is 18.6 Å². The maximum Gasteiger partial charge on any atom is 0.331 e. The number of nitrogen functional groups attached to an aromatic ring is 1. The van der Waals surface area contributed by atoms with E-state index in [9.17, 15) is 4.79 Å². The average molecular weight is 314 g/mol. The number of hydrogen-bond donors (Lipinski definition) is 2. The lowest BCUT2D eigenvalue weighted by molar-refractivity contribution is -0.134. The number of carbonyl (C=O) groups excluding carboxylic acids is 1. The van der Waals surface area contributed by atoms with E-state index in [1.54, 1.807) is 4.52 Å². The van der Waals surface area contributed by atoms with Crippen LogP contribution in [0.3, 0.4) is 0 Å². The third kappa shape index (κ3) is 2.31. The van der Waals surface area contributed by atoms with E-state index in [1.807, 2.05) is 6.07 Å². The molecule has 4 heterocycles. The van der Waals surface area contributed by atoms with Crippen molar-refractivity contribution in [1.29, 1.82) is 0 Å². The molecule has 2 aromatic rings. The molecule has 1 saturated heterocycles. The highest BCUT2D eigenvalue weighted by Crippen LogP contribution is 2.34. The first-order valence-electron chi connectivity index (χ1n) is 7.64. The van der Waals surface area contributed by atoms with Gasteiger partial charge in [0.15, 0.2) is 5.82 Å². The highest BCUT2D eigenvalue weighted by Gasteiger charge is 2.26. The monoisotopic (exact) mass is 314 g/mol. The summed E-state index contributed by atoms with van der Waals surface area (Å²) in [7, 11) is 0. The molecule has 0 aliphatic carbocycles. The van der Waals surface area contributed by atoms with Crippen molar-refractivity contribution in [1.82, 2.24) is 14.6 Å². The van der Waals surface area contributed by atoms with Crippen LogP contribution in [0.15, 0.2) is 18.5 Å². The van der Waals surface area contributed by atoms with E-state index in [0.717, 1.165) is 48.4 Å². The van der Waals surface area contributed by atoms with E-state index in [0.29, 0.717) is 5.82 Å². The van der Waals surface area contributed by atoms with Crippen LogP contribution in [0, 0.1) is 0 Å². The Labute approximate surface area is 132 Å². The molecule has 0 unspecified atom stereocenters. The maximum atomic E-state index is 11.4. The second-order valence-electron chi connectivity index (χ2n) is 5.95. The molecule has 0 aromatic carbocycles. The number of ether oxygens (including phenoxy) is 1. The number of carbonyl (C=O) groups is 1. The first kappa shape index (κ1) is 14.0. The van der Waals surface area contributed by atoms with Gasteiger partial charge in [0.1, 0.15) is 18.5 Å². The molecule has 0 amide bonds. The normalized spacial score (nSPS) is 21.6. The third-order valence-electron chi connectivity index (χ3n) is 4.35. The van der Waals surface area contributed by atoms with Crippen molar-refractivity contribution in [2.75, 3.05) is 30.3 Å². The molecule has 4 rings (SSSR count).